The van der Waals surface area contributed by atoms with Crippen molar-refractivity contribution in [1.82, 2.24) is 0 Å². The highest BCUT2D eigenvalue weighted by molar-refractivity contribution is 5.76. The highest BCUT2D eigenvalue weighted by Crippen LogP contribution is 2.30. The van der Waals surface area contributed by atoms with E-state index >= 15 is 0 Å². The lowest BCUT2D eigenvalue weighted by Gasteiger charge is -2.18. The fourth-order valence-electron chi connectivity index (χ4n) is 2.59. The van der Waals surface area contributed by atoms with E-state index in [0.717, 1.165) is 0 Å². The summed E-state index contributed by atoms with van der Waals surface area (Å²) < 4.78 is 31.0. The third kappa shape index (κ3) is 12.0. The first kappa shape index (κ1) is 31.7. The van der Waals surface area contributed by atoms with Gasteiger partial charge in [-0.05, 0) is 57.7 Å². The maximum Gasteiger partial charge on any atom is 0.514 e. The van der Waals surface area contributed by atoms with Gasteiger partial charge < -0.3 is 34.2 Å². The molecule has 4 atom stereocenters. The maximum atomic E-state index is 12.4. The summed E-state index contributed by atoms with van der Waals surface area (Å²) in [4.78, 5) is 48.3. The van der Waals surface area contributed by atoms with Crippen molar-refractivity contribution in [2.75, 3.05) is 6.61 Å². The molecule has 208 valence electrons. The molecule has 0 aliphatic carbocycles. The summed E-state index contributed by atoms with van der Waals surface area (Å²) in [7, 11) is 0. The zero-order valence-corrected chi connectivity index (χ0v) is 22.6. The highest BCUT2D eigenvalue weighted by atomic mass is 16.7. The topological polar surface area (TPSA) is 150 Å². The molecular weight excluding hydrogens is 486 g/mol. The van der Waals surface area contributed by atoms with Crippen LogP contribution in [0.25, 0.3) is 0 Å². The molecule has 1 rings (SSSR count). The predicted molar refractivity (Wildman–Crippen MR) is 133 cm³/mol. The van der Waals surface area contributed by atoms with Gasteiger partial charge in [0.25, 0.3) is 0 Å². The van der Waals surface area contributed by atoms with Crippen LogP contribution in [0.15, 0.2) is 18.2 Å². The van der Waals surface area contributed by atoms with E-state index in [-0.39, 0.29) is 42.7 Å². The third-order valence-electron chi connectivity index (χ3n) is 5.15. The number of ether oxygens (including phenoxy) is 6. The Morgan fingerprint density at radius 2 is 1.30 bits per heavy atom. The molecule has 37 heavy (non-hydrogen) atoms. The maximum absolute atomic E-state index is 12.4. The van der Waals surface area contributed by atoms with Crippen LogP contribution >= 0.6 is 0 Å². The van der Waals surface area contributed by atoms with E-state index < -0.39 is 36.4 Å². The molecule has 0 saturated heterocycles. The quantitative estimate of drug-likeness (QED) is 0.223. The van der Waals surface area contributed by atoms with Gasteiger partial charge in [0.1, 0.15) is 31.0 Å². The minimum atomic E-state index is -1.06. The third-order valence-corrected chi connectivity index (χ3v) is 5.15. The van der Waals surface area contributed by atoms with Crippen LogP contribution in [0.4, 0.5) is 9.59 Å². The molecule has 0 amide bonds. The Morgan fingerprint density at radius 1 is 0.757 bits per heavy atom. The number of benzene rings is 1. The van der Waals surface area contributed by atoms with Crippen LogP contribution in [0.3, 0.4) is 0 Å². The average Bonchev–Trinajstić information content (AvgIpc) is 2.83. The second kappa shape index (κ2) is 15.7. The van der Waals surface area contributed by atoms with Crippen molar-refractivity contribution in [2.24, 2.45) is 11.7 Å². The van der Waals surface area contributed by atoms with Gasteiger partial charge in [-0.15, -0.1) is 0 Å². The normalized spacial score (nSPS) is 14.1. The lowest BCUT2D eigenvalue weighted by Crippen LogP contribution is -2.37. The minimum Gasteiger partial charge on any atom is -0.462 e. The largest absolute Gasteiger partial charge is 0.514 e. The lowest BCUT2D eigenvalue weighted by atomic mass is 10.1. The molecule has 1 aromatic carbocycles. The smallest absolute Gasteiger partial charge is 0.462 e. The summed E-state index contributed by atoms with van der Waals surface area (Å²) in [6.07, 6.45) is -2.21. The molecule has 1 aromatic rings. The van der Waals surface area contributed by atoms with E-state index in [0.29, 0.717) is 18.4 Å². The SMILES string of the molecule is CCC(C)OC(=O)Oc1ccc(C[C@H](N)C(=O)O[C@@H](C)COC(=O)C(C)C)cc1OC(=O)OC(C)CC. The van der Waals surface area contributed by atoms with E-state index in [1.165, 1.54) is 12.1 Å². The van der Waals surface area contributed by atoms with Gasteiger partial charge in [-0.2, -0.15) is 0 Å². The van der Waals surface area contributed by atoms with Gasteiger partial charge in [-0.25, -0.2) is 9.59 Å². The summed E-state index contributed by atoms with van der Waals surface area (Å²) in [5, 5.41) is 0. The Kier molecular flexibility index (Phi) is 13.4. The van der Waals surface area contributed by atoms with Crippen molar-refractivity contribution >= 4 is 24.2 Å². The minimum absolute atomic E-state index is 0.0195. The van der Waals surface area contributed by atoms with Crippen LogP contribution < -0.4 is 15.2 Å². The monoisotopic (exact) mass is 525 g/mol. The average molecular weight is 526 g/mol. The van der Waals surface area contributed by atoms with Crippen molar-refractivity contribution in [2.45, 2.75) is 92.1 Å². The second-order valence-corrected chi connectivity index (χ2v) is 9.00. The van der Waals surface area contributed by atoms with E-state index in [1.54, 1.807) is 40.7 Å². The number of esters is 2. The summed E-state index contributed by atoms with van der Waals surface area (Å²) in [6.45, 7) is 12.0. The first-order valence-electron chi connectivity index (χ1n) is 12.4. The van der Waals surface area contributed by atoms with E-state index in [1.807, 2.05) is 13.8 Å². The Labute approximate surface area is 217 Å². The van der Waals surface area contributed by atoms with Gasteiger partial charge >= 0.3 is 24.2 Å². The van der Waals surface area contributed by atoms with Crippen molar-refractivity contribution in [1.29, 1.82) is 0 Å². The fraction of sp³-hybridized carbons (Fsp3) is 0.615. The van der Waals surface area contributed by atoms with Crippen LogP contribution in [0.2, 0.25) is 0 Å². The number of carbonyl (C=O) groups is 4. The fourth-order valence-corrected chi connectivity index (χ4v) is 2.59. The summed E-state index contributed by atoms with van der Waals surface area (Å²) in [5.74, 6) is -1.59. The molecule has 0 fully saturated rings. The molecule has 11 nitrogen and oxygen atoms in total. The standard InChI is InChI=1S/C26H39NO10/c1-8-16(5)34-25(30)36-21-11-10-19(13-22(21)37-26(31)35-17(6)9-2)12-20(27)24(29)33-18(7)14-32-23(28)15(3)4/h10-11,13,15-18,20H,8-9,12,14,27H2,1-7H3/t16?,17?,18-,20-/m0/s1. The number of hydrogen-bond acceptors (Lipinski definition) is 11. The van der Waals surface area contributed by atoms with Gasteiger partial charge in [0.05, 0.1) is 5.92 Å². The Morgan fingerprint density at radius 3 is 1.81 bits per heavy atom. The number of nitrogens with two attached hydrogens (primary N) is 1. The Balaban J connectivity index is 2.93. The van der Waals surface area contributed by atoms with Crippen LogP contribution in [0, 0.1) is 5.92 Å². The molecule has 11 heteroatoms. The van der Waals surface area contributed by atoms with E-state index in [2.05, 4.69) is 0 Å². The first-order valence-corrected chi connectivity index (χ1v) is 12.4. The van der Waals surface area contributed by atoms with Gasteiger partial charge in [0.2, 0.25) is 0 Å². The number of carbonyl (C=O) groups excluding carboxylic acids is 4. The molecule has 0 bridgehead atoms. The number of hydrogen-bond donors (Lipinski definition) is 1. The van der Waals surface area contributed by atoms with Crippen LogP contribution in [0.5, 0.6) is 11.5 Å². The first-order chi connectivity index (χ1) is 17.4. The van der Waals surface area contributed by atoms with Crippen LogP contribution in [-0.2, 0) is 35.0 Å². The molecular formula is C26H39NO10. The number of rotatable bonds is 13. The van der Waals surface area contributed by atoms with Gasteiger partial charge in [0, 0.05) is 0 Å². The van der Waals surface area contributed by atoms with Crippen molar-refractivity contribution in [3.63, 3.8) is 0 Å². The molecule has 0 spiro atoms. The molecule has 0 aromatic heterocycles. The van der Waals surface area contributed by atoms with Gasteiger partial charge in [-0.3, -0.25) is 9.59 Å². The van der Waals surface area contributed by atoms with Gasteiger partial charge in [0.15, 0.2) is 11.5 Å². The summed E-state index contributed by atoms with van der Waals surface area (Å²) in [6, 6.07) is 3.29. The Hall–Kier alpha value is -3.34. The van der Waals surface area contributed by atoms with Crippen molar-refractivity contribution in [3.05, 3.63) is 23.8 Å². The van der Waals surface area contributed by atoms with E-state index in [9.17, 15) is 19.2 Å². The predicted octanol–water partition coefficient (Wildman–Crippen LogP) is 4.32. The van der Waals surface area contributed by atoms with Crippen molar-refractivity contribution < 1.29 is 47.6 Å². The van der Waals surface area contributed by atoms with Gasteiger partial charge in [-0.1, -0.05) is 33.8 Å². The summed E-state index contributed by atoms with van der Waals surface area (Å²) >= 11 is 0. The molecule has 2 N–H and O–H groups in total. The highest BCUT2D eigenvalue weighted by Gasteiger charge is 2.23. The lowest BCUT2D eigenvalue weighted by molar-refractivity contribution is -0.160. The zero-order chi connectivity index (χ0) is 28.1. The molecule has 2 unspecified atom stereocenters. The molecule has 0 saturated carbocycles. The van der Waals surface area contributed by atoms with E-state index in [4.69, 9.17) is 34.2 Å². The molecule has 0 aliphatic rings. The summed E-state index contributed by atoms with van der Waals surface area (Å²) in [5.41, 5.74) is 6.50. The second-order valence-electron chi connectivity index (χ2n) is 9.00. The van der Waals surface area contributed by atoms with Crippen LogP contribution in [0.1, 0.15) is 66.9 Å². The zero-order valence-electron chi connectivity index (χ0n) is 22.6. The van der Waals surface area contributed by atoms with Crippen molar-refractivity contribution in [3.8, 4) is 11.5 Å². The molecule has 0 heterocycles. The van der Waals surface area contributed by atoms with Crippen LogP contribution in [-0.4, -0.2) is 55.2 Å². The Bertz CT molecular complexity index is 917. The molecule has 0 aliphatic heterocycles. The molecule has 0 radical (unpaired) electrons.